The van der Waals surface area contributed by atoms with Crippen LogP contribution in [0.1, 0.15) is 50.5 Å². The van der Waals surface area contributed by atoms with E-state index in [9.17, 15) is 14.7 Å². The molecule has 1 aliphatic rings. The fourth-order valence-corrected chi connectivity index (χ4v) is 3.87. The summed E-state index contributed by atoms with van der Waals surface area (Å²) in [5.41, 5.74) is 0.647. The van der Waals surface area contributed by atoms with E-state index in [-0.39, 0.29) is 30.5 Å². The van der Waals surface area contributed by atoms with E-state index in [4.69, 9.17) is 16.3 Å². The number of H-pyrrole nitrogens is 1. The van der Waals surface area contributed by atoms with Gasteiger partial charge in [0.15, 0.2) is 0 Å². The van der Waals surface area contributed by atoms with E-state index >= 15 is 0 Å². The third-order valence-electron chi connectivity index (χ3n) is 5.06. The van der Waals surface area contributed by atoms with Gasteiger partial charge in [0, 0.05) is 28.6 Å². The van der Waals surface area contributed by atoms with Crippen molar-refractivity contribution in [1.29, 1.82) is 0 Å². The smallest absolute Gasteiger partial charge is 0.407 e. The van der Waals surface area contributed by atoms with Gasteiger partial charge < -0.3 is 25.5 Å². The van der Waals surface area contributed by atoms with Gasteiger partial charge in [-0.1, -0.05) is 11.6 Å². The first-order valence-corrected chi connectivity index (χ1v) is 10.2. The molecule has 2 amide bonds. The predicted molar refractivity (Wildman–Crippen MR) is 112 cm³/mol. The Morgan fingerprint density at radius 2 is 1.97 bits per heavy atom. The summed E-state index contributed by atoms with van der Waals surface area (Å²) in [6, 6.07) is 6.56. The Labute approximate surface area is 175 Å². The van der Waals surface area contributed by atoms with Crippen LogP contribution in [-0.2, 0) is 4.74 Å². The Kier molecular flexibility index (Phi) is 6.39. The molecule has 0 spiro atoms. The number of aliphatic hydroxyl groups excluding tert-OH is 1. The number of nitrogens with one attached hydrogen (secondary N) is 3. The standard InChI is InChI=1S/C21H28ClN3O4/c1-21(2,3)29-20(28)25-17-8-12(11-26)4-6-16(17)24-19(27)18-10-13-9-14(22)5-7-15(13)23-18/h5,7,9-10,12,16-17,23,26H,4,6,8,11H2,1-3H3,(H,24,27)(H,25,28)/t12-,16-,17+/m0/s1. The van der Waals surface area contributed by atoms with Crippen molar-refractivity contribution in [2.45, 2.75) is 57.7 Å². The van der Waals surface area contributed by atoms with E-state index in [2.05, 4.69) is 15.6 Å². The molecule has 0 bridgehead atoms. The minimum Gasteiger partial charge on any atom is -0.444 e. The molecule has 0 unspecified atom stereocenters. The second-order valence-electron chi connectivity index (χ2n) is 8.61. The average Bonchev–Trinajstić information content (AvgIpc) is 3.04. The van der Waals surface area contributed by atoms with Gasteiger partial charge in [0.1, 0.15) is 11.3 Å². The highest BCUT2D eigenvalue weighted by Gasteiger charge is 2.33. The first-order chi connectivity index (χ1) is 13.6. The Morgan fingerprint density at radius 1 is 1.21 bits per heavy atom. The minimum absolute atomic E-state index is 0.0515. The molecule has 1 saturated carbocycles. The van der Waals surface area contributed by atoms with Crippen molar-refractivity contribution in [3.05, 3.63) is 35.0 Å². The van der Waals surface area contributed by atoms with Gasteiger partial charge in [-0.2, -0.15) is 0 Å². The molecule has 1 aliphatic carbocycles. The fraction of sp³-hybridized carbons (Fsp3) is 0.524. The molecule has 1 aromatic heterocycles. The van der Waals surface area contributed by atoms with Crippen LogP contribution in [0.15, 0.2) is 24.3 Å². The molecule has 1 heterocycles. The average molecular weight is 422 g/mol. The number of rotatable bonds is 4. The molecule has 158 valence electrons. The van der Waals surface area contributed by atoms with E-state index < -0.39 is 11.7 Å². The number of carbonyl (C=O) groups excluding carboxylic acids is 2. The summed E-state index contributed by atoms with van der Waals surface area (Å²) in [6.45, 7) is 5.44. The normalized spacial score (nSPS) is 22.3. The molecule has 8 heteroatoms. The number of fused-ring (bicyclic) bond motifs is 1. The maximum Gasteiger partial charge on any atom is 0.407 e. The van der Waals surface area contributed by atoms with E-state index in [1.54, 1.807) is 39.0 Å². The number of carbonyl (C=O) groups is 2. The van der Waals surface area contributed by atoms with Crippen LogP contribution in [0.5, 0.6) is 0 Å². The van der Waals surface area contributed by atoms with Gasteiger partial charge in [-0.25, -0.2) is 4.79 Å². The summed E-state index contributed by atoms with van der Waals surface area (Å²) in [5, 5.41) is 16.9. The number of aromatic nitrogens is 1. The molecule has 2 aromatic rings. The summed E-state index contributed by atoms with van der Waals surface area (Å²) >= 11 is 6.02. The quantitative estimate of drug-likeness (QED) is 0.605. The number of amides is 2. The van der Waals surface area contributed by atoms with Crippen LogP contribution in [0.25, 0.3) is 10.9 Å². The van der Waals surface area contributed by atoms with Crippen molar-refractivity contribution in [2.24, 2.45) is 5.92 Å². The molecule has 0 aliphatic heterocycles. The summed E-state index contributed by atoms with van der Waals surface area (Å²) in [4.78, 5) is 28.2. The third-order valence-corrected chi connectivity index (χ3v) is 5.30. The highest BCUT2D eigenvalue weighted by atomic mass is 35.5. The SMILES string of the molecule is CC(C)(C)OC(=O)N[C@@H]1C[C@@H](CO)CC[C@@H]1NC(=O)c1cc2cc(Cl)ccc2[nH]1. The number of ether oxygens (including phenoxy) is 1. The van der Waals surface area contributed by atoms with Crippen molar-refractivity contribution in [2.75, 3.05) is 6.61 Å². The number of halogens is 1. The Bertz CT molecular complexity index is 890. The molecule has 0 saturated heterocycles. The van der Waals surface area contributed by atoms with Crippen LogP contribution >= 0.6 is 11.6 Å². The molecule has 3 atom stereocenters. The Hall–Kier alpha value is -2.25. The van der Waals surface area contributed by atoms with Crippen LogP contribution in [0, 0.1) is 5.92 Å². The van der Waals surface area contributed by atoms with Crippen LogP contribution in [-0.4, -0.2) is 46.4 Å². The van der Waals surface area contributed by atoms with Gasteiger partial charge in [0.2, 0.25) is 0 Å². The van der Waals surface area contributed by atoms with Crippen LogP contribution in [0.4, 0.5) is 4.79 Å². The first-order valence-electron chi connectivity index (χ1n) is 9.84. The zero-order valence-electron chi connectivity index (χ0n) is 16.9. The largest absolute Gasteiger partial charge is 0.444 e. The lowest BCUT2D eigenvalue weighted by molar-refractivity contribution is 0.0447. The number of hydrogen-bond acceptors (Lipinski definition) is 4. The molecule has 1 fully saturated rings. The molecule has 0 radical (unpaired) electrons. The van der Waals surface area contributed by atoms with Crippen LogP contribution in [0.2, 0.25) is 5.02 Å². The highest BCUT2D eigenvalue weighted by Crippen LogP contribution is 2.26. The summed E-state index contributed by atoms with van der Waals surface area (Å²) in [7, 11) is 0. The second-order valence-corrected chi connectivity index (χ2v) is 9.05. The number of benzene rings is 1. The van der Waals surface area contributed by atoms with Crippen LogP contribution in [0.3, 0.4) is 0 Å². The number of aromatic amines is 1. The van der Waals surface area contributed by atoms with Gasteiger partial charge in [-0.15, -0.1) is 0 Å². The lowest BCUT2D eigenvalue weighted by Crippen LogP contribution is -2.55. The van der Waals surface area contributed by atoms with E-state index in [0.29, 0.717) is 23.6 Å². The number of aliphatic hydroxyl groups is 1. The lowest BCUT2D eigenvalue weighted by Gasteiger charge is -2.36. The van der Waals surface area contributed by atoms with Crippen molar-refractivity contribution in [1.82, 2.24) is 15.6 Å². The van der Waals surface area contributed by atoms with Gasteiger partial charge >= 0.3 is 6.09 Å². The Balaban J connectivity index is 1.71. The zero-order chi connectivity index (χ0) is 21.2. The highest BCUT2D eigenvalue weighted by molar-refractivity contribution is 6.31. The van der Waals surface area contributed by atoms with Crippen molar-refractivity contribution >= 4 is 34.5 Å². The molecule has 1 aromatic carbocycles. The maximum absolute atomic E-state index is 12.8. The van der Waals surface area contributed by atoms with E-state index in [0.717, 1.165) is 17.3 Å². The second kappa shape index (κ2) is 8.63. The lowest BCUT2D eigenvalue weighted by atomic mass is 9.82. The summed E-state index contributed by atoms with van der Waals surface area (Å²) < 4.78 is 5.35. The van der Waals surface area contributed by atoms with Gasteiger partial charge in [-0.3, -0.25) is 4.79 Å². The molecule has 3 rings (SSSR count). The van der Waals surface area contributed by atoms with Crippen molar-refractivity contribution < 1.29 is 19.4 Å². The molecular weight excluding hydrogens is 394 g/mol. The Morgan fingerprint density at radius 3 is 2.66 bits per heavy atom. The first kappa shape index (κ1) is 21.5. The predicted octanol–water partition coefficient (Wildman–Crippen LogP) is 3.61. The number of alkyl carbamates (subject to hydrolysis) is 1. The monoisotopic (exact) mass is 421 g/mol. The van der Waals surface area contributed by atoms with E-state index in [1.165, 1.54) is 0 Å². The molecule has 7 nitrogen and oxygen atoms in total. The van der Waals surface area contributed by atoms with E-state index in [1.807, 2.05) is 6.07 Å². The van der Waals surface area contributed by atoms with Gasteiger partial charge in [0.25, 0.3) is 5.91 Å². The fourth-order valence-electron chi connectivity index (χ4n) is 3.69. The molecule has 29 heavy (non-hydrogen) atoms. The number of hydrogen-bond donors (Lipinski definition) is 4. The van der Waals surface area contributed by atoms with Crippen LogP contribution < -0.4 is 10.6 Å². The zero-order valence-corrected chi connectivity index (χ0v) is 17.7. The maximum atomic E-state index is 12.8. The minimum atomic E-state index is -0.612. The summed E-state index contributed by atoms with van der Waals surface area (Å²) in [5.74, 6) is -0.168. The van der Waals surface area contributed by atoms with Crippen molar-refractivity contribution in [3.63, 3.8) is 0 Å². The van der Waals surface area contributed by atoms with Crippen molar-refractivity contribution in [3.8, 4) is 0 Å². The third kappa shape index (κ3) is 5.64. The topological polar surface area (TPSA) is 103 Å². The molecular formula is C21H28ClN3O4. The van der Waals surface area contributed by atoms with Gasteiger partial charge in [0.05, 0.1) is 6.04 Å². The molecule has 4 N–H and O–H groups in total. The van der Waals surface area contributed by atoms with Gasteiger partial charge in [-0.05, 0) is 70.2 Å². The summed E-state index contributed by atoms with van der Waals surface area (Å²) in [6.07, 6.45) is 1.48.